The van der Waals surface area contributed by atoms with E-state index in [1.807, 2.05) is 11.7 Å². The number of amides is 2. The van der Waals surface area contributed by atoms with Gasteiger partial charge in [0.05, 0.1) is 19.7 Å². The minimum Gasteiger partial charge on any atom is -0.493 e. The van der Waals surface area contributed by atoms with Crippen molar-refractivity contribution >= 4 is 28.4 Å². The highest BCUT2D eigenvalue weighted by Gasteiger charge is 2.30. The maximum absolute atomic E-state index is 15.0. The summed E-state index contributed by atoms with van der Waals surface area (Å²) in [6.45, 7) is 4.42. The molecule has 0 saturated carbocycles. The standard InChI is InChI=1S/C28H30FN5O4/c1-28(2)10-8-21-18(15-28)26(33-34(21)3)32-27(35)31-16-6-7-23(19(29)12-16)38-22-9-11-30-20-14-25(37-5)24(36-4)13-17(20)22/h6-7,9,11-14H,8,10,15H2,1-5H3,(H2,31,32,33,35). The molecule has 0 radical (unpaired) electrons. The Balaban J connectivity index is 1.32. The number of nitrogens with one attached hydrogen (secondary N) is 2. The number of halogens is 1. The first-order valence-electron chi connectivity index (χ1n) is 12.3. The fourth-order valence-electron chi connectivity index (χ4n) is 4.81. The number of anilines is 2. The number of carbonyl (C=O) groups is 1. The Kier molecular flexibility index (Phi) is 6.56. The number of aromatic nitrogens is 3. The van der Waals surface area contributed by atoms with E-state index in [4.69, 9.17) is 14.2 Å². The average Bonchev–Trinajstić information content (AvgIpc) is 3.17. The predicted molar refractivity (Wildman–Crippen MR) is 143 cm³/mol. The molecule has 0 atom stereocenters. The molecule has 4 aromatic rings. The molecule has 2 amide bonds. The number of rotatable bonds is 6. The van der Waals surface area contributed by atoms with Crippen LogP contribution < -0.4 is 24.8 Å². The summed E-state index contributed by atoms with van der Waals surface area (Å²) in [5, 5.41) is 10.6. The van der Waals surface area contributed by atoms with E-state index in [1.165, 1.54) is 19.2 Å². The summed E-state index contributed by atoms with van der Waals surface area (Å²) >= 11 is 0. The van der Waals surface area contributed by atoms with E-state index < -0.39 is 11.8 Å². The van der Waals surface area contributed by atoms with Crippen LogP contribution in [0.3, 0.4) is 0 Å². The summed E-state index contributed by atoms with van der Waals surface area (Å²) in [5.74, 6) is 1.33. The lowest BCUT2D eigenvalue weighted by Gasteiger charge is -2.29. The Morgan fingerprint density at radius 1 is 1.03 bits per heavy atom. The first kappa shape index (κ1) is 25.3. The summed E-state index contributed by atoms with van der Waals surface area (Å²) < 4.78 is 33.4. The molecule has 0 spiro atoms. The number of methoxy groups -OCH3 is 2. The number of carbonyl (C=O) groups excluding carboxylic acids is 1. The predicted octanol–water partition coefficient (Wildman–Crippen LogP) is 6.08. The van der Waals surface area contributed by atoms with Crippen LogP contribution in [-0.2, 0) is 19.9 Å². The van der Waals surface area contributed by atoms with E-state index in [2.05, 4.69) is 34.6 Å². The Bertz CT molecular complexity index is 1530. The SMILES string of the molecule is COc1cc2nccc(Oc3ccc(NC(=O)Nc4nn(C)c5c4CC(C)(C)CC5)cc3F)c2cc1OC. The summed E-state index contributed by atoms with van der Waals surface area (Å²) in [5.41, 5.74) is 3.21. The second-order valence-corrected chi connectivity index (χ2v) is 10.1. The lowest BCUT2D eigenvalue weighted by atomic mass is 9.76. The molecule has 2 aromatic heterocycles. The molecule has 0 saturated heterocycles. The van der Waals surface area contributed by atoms with E-state index in [-0.39, 0.29) is 16.9 Å². The van der Waals surface area contributed by atoms with Crippen molar-refractivity contribution in [1.82, 2.24) is 14.8 Å². The van der Waals surface area contributed by atoms with Gasteiger partial charge >= 0.3 is 6.03 Å². The van der Waals surface area contributed by atoms with Crippen LogP contribution in [-0.4, -0.2) is 35.0 Å². The molecule has 198 valence electrons. The molecule has 2 N–H and O–H groups in total. The monoisotopic (exact) mass is 519 g/mol. The van der Waals surface area contributed by atoms with Crippen molar-refractivity contribution in [2.24, 2.45) is 12.5 Å². The number of pyridine rings is 1. The third-order valence-electron chi connectivity index (χ3n) is 6.82. The fourth-order valence-corrected chi connectivity index (χ4v) is 4.81. The van der Waals surface area contributed by atoms with Gasteiger partial charge in [0.2, 0.25) is 0 Å². The van der Waals surface area contributed by atoms with Gasteiger partial charge < -0.3 is 19.5 Å². The Morgan fingerprint density at radius 2 is 1.79 bits per heavy atom. The first-order chi connectivity index (χ1) is 18.2. The van der Waals surface area contributed by atoms with Crippen LogP contribution in [0.1, 0.15) is 31.5 Å². The van der Waals surface area contributed by atoms with Gasteiger partial charge in [0.15, 0.2) is 28.9 Å². The van der Waals surface area contributed by atoms with Gasteiger partial charge in [-0.1, -0.05) is 13.8 Å². The van der Waals surface area contributed by atoms with Gasteiger partial charge in [-0.2, -0.15) is 5.10 Å². The highest BCUT2D eigenvalue weighted by Crippen LogP contribution is 2.39. The molecule has 2 heterocycles. The molecule has 5 rings (SSSR count). The molecule has 0 aliphatic heterocycles. The molecule has 0 unspecified atom stereocenters. The topological polar surface area (TPSA) is 99.5 Å². The van der Waals surface area contributed by atoms with Crippen LogP contribution >= 0.6 is 0 Å². The van der Waals surface area contributed by atoms with Gasteiger partial charge in [0.1, 0.15) is 5.75 Å². The largest absolute Gasteiger partial charge is 0.493 e. The van der Waals surface area contributed by atoms with Gasteiger partial charge in [-0.25, -0.2) is 9.18 Å². The molecule has 9 nitrogen and oxygen atoms in total. The first-order valence-corrected chi connectivity index (χ1v) is 12.3. The Morgan fingerprint density at radius 3 is 2.53 bits per heavy atom. The molecule has 0 bridgehead atoms. The number of benzene rings is 2. The second-order valence-electron chi connectivity index (χ2n) is 10.1. The van der Waals surface area contributed by atoms with Crippen molar-refractivity contribution < 1.29 is 23.4 Å². The van der Waals surface area contributed by atoms with E-state index in [9.17, 15) is 4.79 Å². The lowest BCUT2D eigenvalue weighted by molar-refractivity contribution is 0.262. The maximum Gasteiger partial charge on any atom is 0.324 e. The number of hydrogen-bond acceptors (Lipinski definition) is 6. The number of ether oxygens (including phenoxy) is 3. The third kappa shape index (κ3) is 4.93. The number of urea groups is 1. The summed E-state index contributed by atoms with van der Waals surface area (Å²) in [6, 6.07) is 8.84. The van der Waals surface area contributed by atoms with E-state index in [1.54, 1.807) is 37.6 Å². The van der Waals surface area contributed by atoms with Gasteiger partial charge in [0.25, 0.3) is 0 Å². The number of aryl methyl sites for hydroxylation is 1. The van der Waals surface area contributed by atoms with E-state index in [0.29, 0.717) is 34.0 Å². The Hall–Kier alpha value is -4.34. The van der Waals surface area contributed by atoms with Crippen molar-refractivity contribution in [3.8, 4) is 23.0 Å². The van der Waals surface area contributed by atoms with Crippen LogP contribution in [0.2, 0.25) is 0 Å². The second kappa shape index (κ2) is 9.85. The zero-order valence-electron chi connectivity index (χ0n) is 22.0. The van der Waals surface area contributed by atoms with Gasteiger partial charge in [-0.05, 0) is 48.9 Å². The average molecular weight is 520 g/mol. The van der Waals surface area contributed by atoms with Crippen molar-refractivity contribution in [3.63, 3.8) is 0 Å². The highest BCUT2D eigenvalue weighted by molar-refractivity contribution is 5.99. The van der Waals surface area contributed by atoms with Crippen LogP contribution in [0.25, 0.3) is 10.9 Å². The zero-order chi connectivity index (χ0) is 27.0. The third-order valence-corrected chi connectivity index (χ3v) is 6.82. The van der Waals surface area contributed by atoms with Gasteiger partial charge in [0, 0.05) is 47.7 Å². The number of nitrogens with zero attached hydrogens (tertiary/aromatic N) is 3. The van der Waals surface area contributed by atoms with Crippen LogP contribution in [0, 0.1) is 11.2 Å². The van der Waals surface area contributed by atoms with Crippen molar-refractivity contribution in [1.29, 1.82) is 0 Å². The van der Waals surface area contributed by atoms with E-state index in [0.717, 1.165) is 30.5 Å². The highest BCUT2D eigenvalue weighted by atomic mass is 19.1. The summed E-state index contributed by atoms with van der Waals surface area (Å²) in [7, 11) is 4.96. The molecular weight excluding hydrogens is 489 g/mol. The molecule has 10 heteroatoms. The van der Waals surface area contributed by atoms with Crippen LogP contribution in [0.5, 0.6) is 23.0 Å². The molecule has 1 aliphatic rings. The summed E-state index contributed by atoms with van der Waals surface area (Å²) in [4.78, 5) is 17.1. The molecule has 2 aromatic carbocycles. The molecular formula is C28H30FN5O4. The Labute approximate surface area is 219 Å². The minimum atomic E-state index is -0.634. The molecule has 0 fully saturated rings. The zero-order valence-corrected chi connectivity index (χ0v) is 22.0. The van der Waals surface area contributed by atoms with Crippen molar-refractivity contribution in [2.75, 3.05) is 24.9 Å². The summed E-state index contributed by atoms with van der Waals surface area (Å²) in [6.07, 6.45) is 4.37. The van der Waals surface area contributed by atoms with Crippen LogP contribution in [0.15, 0.2) is 42.6 Å². The number of fused-ring (bicyclic) bond motifs is 2. The van der Waals surface area contributed by atoms with Crippen molar-refractivity contribution in [3.05, 3.63) is 59.7 Å². The quantitative estimate of drug-likeness (QED) is 0.321. The smallest absolute Gasteiger partial charge is 0.324 e. The fraction of sp³-hybridized carbons (Fsp3) is 0.321. The number of hydrogen-bond donors (Lipinski definition) is 2. The molecule has 1 aliphatic carbocycles. The van der Waals surface area contributed by atoms with Crippen molar-refractivity contribution in [2.45, 2.75) is 33.1 Å². The lowest BCUT2D eigenvalue weighted by Crippen LogP contribution is -2.25. The van der Waals surface area contributed by atoms with E-state index >= 15 is 4.39 Å². The van der Waals surface area contributed by atoms with Crippen LogP contribution in [0.4, 0.5) is 20.7 Å². The van der Waals surface area contributed by atoms with Gasteiger partial charge in [-0.15, -0.1) is 0 Å². The van der Waals surface area contributed by atoms with Gasteiger partial charge in [-0.3, -0.25) is 15.0 Å². The maximum atomic E-state index is 15.0. The molecule has 38 heavy (non-hydrogen) atoms. The normalized spacial score (nSPS) is 14.1. The minimum absolute atomic E-state index is 0.000676.